The van der Waals surface area contributed by atoms with E-state index in [0.717, 1.165) is 42.9 Å². The van der Waals surface area contributed by atoms with Crippen LogP contribution in [-0.2, 0) is 10.5 Å². The van der Waals surface area contributed by atoms with Crippen LogP contribution in [0.5, 0.6) is 11.5 Å². The van der Waals surface area contributed by atoms with Crippen LogP contribution >= 0.6 is 23.1 Å². The van der Waals surface area contributed by atoms with Crippen molar-refractivity contribution in [3.05, 3.63) is 57.5 Å². The topological polar surface area (TPSA) is 73.1 Å². The number of aromatic nitrogens is 2. The molecule has 2 aliphatic heterocycles. The van der Waals surface area contributed by atoms with Crippen molar-refractivity contribution in [3.63, 3.8) is 0 Å². The van der Waals surface area contributed by atoms with E-state index in [1.165, 1.54) is 27.5 Å². The van der Waals surface area contributed by atoms with Crippen molar-refractivity contribution in [3.8, 4) is 11.5 Å². The second kappa shape index (κ2) is 8.92. The van der Waals surface area contributed by atoms with Gasteiger partial charge in [-0.2, -0.15) is 0 Å². The number of hydrogen-bond acceptors (Lipinski definition) is 7. The molecular weight excluding hydrogens is 434 g/mol. The molecule has 0 saturated carbocycles. The van der Waals surface area contributed by atoms with Crippen LogP contribution in [-0.4, -0.2) is 45.7 Å². The van der Waals surface area contributed by atoms with Crippen LogP contribution in [0.4, 0.5) is 0 Å². The highest BCUT2D eigenvalue weighted by Gasteiger charge is 2.30. The minimum Gasteiger partial charge on any atom is -0.490 e. The predicted molar refractivity (Wildman–Crippen MR) is 121 cm³/mol. The molecule has 31 heavy (non-hydrogen) atoms. The van der Waals surface area contributed by atoms with Crippen molar-refractivity contribution in [2.45, 2.75) is 31.1 Å². The Morgan fingerprint density at radius 1 is 1.19 bits per heavy atom. The standard InChI is InChI=1S/C22H23N3O4S2/c26-20-12-16(23-22-25(20)7-10-31-22)13-30-14-21(27)24-6-1-3-17(24)15-4-5-18-19(11-15)29-9-2-8-28-18/h4-5,7,10-12,17H,1-3,6,8-9,13-14H2/t17-/m0/s1. The highest BCUT2D eigenvalue weighted by atomic mass is 32.2. The predicted octanol–water partition coefficient (Wildman–Crippen LogP) is 3.51. The fourth-order valence-corrected chi connectivity index (χ4v) is 5.62. The van der Waals surface area contributed by atoms with Crippen molar-refractivity contribution >= 4 is 34.0 Å². The van der Waals surface area contributed by atoms with E-state index < -0.39 is 0 Å². The first kappa shape index (κ1) is 20.4. The molecule has 0 N–H and O–H groups in total. The molecule has 9 heteroatoms. The molecule has 2 aliphatic rings. The normalized spacial score (nSPS) is 18.3. The first-order chi connectivity index (χ1) is 15.2. The van der Waals surface area contributed by atoms with Gasteiger partial charge in [0.2, 0.25) is 5.91 Å². The Kier molecular flexibility index (Phi) is 5.87. The Bertz CT molecular complexity index is 1160. The summed E-state index contributed by atoms with van der Waals surface area (Å²) in [5.74, 6) is 2.57. The summed E-state index contributed by atoms with van der Waals surface area (Å²) in [5.41, 5.74) is 1.73. The third-order valence-electron chi connectivity index (χ3n) is 5.56. The van der Waals surface area contributed by atoms with Crippen molar-refractivity contribution in [2.24, 2.45) is 0 Å². The van der Waals surface area contributed by atoms with Gasteiger partial charge in [0.15, 0.2) is 16.5 Å². The van der Waals surface area contributed by atoms with E-state index in [0.29, 0.717) is 35.4 Å². The third kappa shape index (κ3) is 4.29. The van der Waals surface area contributed by atoms with E-state index in [1.54, 1.807) is 12.3 Å². The number of carbonyl (C=O) groups excluding carboxylic acids is 1. The van der Waals surface area contributed by atoms with Gasteiger partial charge in [0.1, 0.15) is 0 Å². The molecule has 3 aromatic rings. The van der Waals surface area contributed by atoms with Crippen LogP contribution in [0.3, 0.4) is 0 Å². The summed E-state index contributed by atoms with van der Waals surface area (Å²) < 4.78 is 13.1. The Balaban J connectivity index is 1.23. The number of hydrogen-bond donors (Lipinski definition) is 0. The molecule has 0 aliphatic carbocycles. The van der Waals surface area contributed by atoms with E-state index in [-0.39, 0.29) is 17.5 Å². The van der Waals surface area contributed by atoms with Crippen molar-refractivity contribution in [1.82, 2.24) is 14.3 Å². The summed E-state index contributed by atoms with van der Waals surface area (Å²) in [6.45, 7) is 2.08. The van der Waals surface area contributed by atoms with Gasteiger partial charge in [0.25, 0.3) is 5.56 Å². The molecule has 1 atom stereocenters. The van der Waals surface area contributed by atoms with Gasteiger partial charge in [-0.1, -0.05) is 6.07 Å². The number of ether oxygens (including phenoxy) is 2. The van der Waals surface area contributed by atoms with E-state index >= 15 is 0 Å². The molecule has 162 valence electrons. The Morgan fingerprint density at radius 2 is 2.06 bits per heavy atom. The van der Waals surface area contributed by atoms with E-state index in [2.05, 4.69) is 4.98 Å². The number of amides is 1. The number of fused-ring (bicyclic) bond motifs is 2. The molecule has 1 aromatic carbocycles. The SMILES string of the molecule is O=C(CSCc1cc(=O)n2ccsc2n1)N1CCC[C@H]1c1ccc2c(c1)OCCCO2. The van der Waals surface area contributed by atoms with E-state index in [9.17, 15) is 9.59 Å². The molecule has 0 spiro atoms. The number of carbonyl (C=O) groups is 1. The van der Waals surface area contributed by atoms with E-state index in [4.69, 9.17) is 9.47 Å². The van der Waals surface area contributed by atoms with Crippen molar-refractivity contribution in [2.75, 3.05) is 25.5 Å². The van der Waals surface area contributed by atoms with Crippen LogP contribution in [0.15, 0.2) is 40.6 Å². The Morgan fingerprint density at radius 3 is 2.97 bits per heavy atom. The largest absolute Gasteiger partial charge is 0.490 e. The highest BCUT2D eigenvalue weighted by Crippen LogP contribution is 2.38. The Labute approximate surface area is 188 Å². The molecule has 0 bridgehead atoms. The number of thioether (sulfide) groups is 1. The van der Waals surface area contributed by atoms with Gasteiger partial charge in [0.05, 0.1) is 30.7 Å². The van der Waals surface area contributed by atoms with Crippen LogP contribution < -0.4 is 15.0 Å². The lowest BCUT2D eigenvalue weighted by Gasteiger charge is -2.25. The van der Waals surface area contributed by atoms with Gasteiger partial charge in [0, 0.05) is 36.4 Å². The summed E-state index contributed by atoms with van der Waals surface area (Å²) in [6.07, 6.45) is 4.53. The molecule has 5 rings (SSSR count). The number of benzene rings is 1. The molecule has 0 unspecified atom stereocenters. The quantitative estimate of drug-likeness (QED) is 0.584. The van der Waals surface area contributed by atoms with Gasteiger partial charge < -0.3 is 14.4 Å². The van der Waals surface area contributed by atoms with Gasteiger partial charge in [-0.25, -0.2) is 4.98 Å². The average molecular weight is 458 g/mol. The number of likely N-dealkylation sites (tertiary alicyclic amines) is 1. The highest BCUT2D eigenvalue weighted by molar-refractivity contribution is 7.99. The average Bonchev–Trinajstić information content (AvgIpc) is 3.39. The first-order valence-corrected chi connectivity index (χ1v) is 12.4. The van der Waals surface area contributed by atoms with Crippen molar-refractivity contribution in [1.29, 1.82) is 0 Å². The van der Waals surface area contributed by atoms with Crippen LogP contribution in [0, 0.1) is 0 Å². The first-order valence-electron chi connectivity index (χ1n) is 10.4. The molecular formula is C22H23N3O4S2. The van der Waals surface area contributed by atoms with Crippen LogP contribution in [0.25, 0.3) is 4.96 Å². The number of thiazole rings is 1. The lowest BCUT2D eigenvalue weighted by molar-refractivity contribution is -0.129. The van der Waals surface area contributed by atoms with Gasteiger partial charge in [-0.15, -0.1) is 23.1 Å². The smallest absolute Gasteiger partial charge is 0.258 e. The van der Waals surface area contributed by atoms with Crippen LogP contribution in [0.1, 0.15) is 36.6 Å². The third-order valence-corrected chi connectivity index (χ3v) is 7.27. The summed E-state index contributed by atoms with van der Waals surface area (Å²) in [7, 11) is 0. The summed E-state index contributed by atoms with van der Waals surface area (Å²) in [6, 6.07) is 7.64. The van der Waals surface area contributed by atoms with Gasteiger partial charge in [-0.05, 0) is 30.5 Å². The monoisotopic (exact) mass is 457 g/mol. The second-order valence-corrected chi connectivity index (χ2v) is 9.49. The zero-order valence-electron chi connectivity index (χ0n) is 17.0. The fraction of sp³-hybridized carbons (Fsp3) is 0.409. The van der Waals surface area contributed by atoms with E-state index in [1.807, 2.05) is 28.5 Å². The molecule has 1 amide bonds. The maximum Gasteiger partial charge on any atom is 0.258 e. The minimum absolute atomic E-state index is 0.0653. The number of nitrogens with zero attached hydrogens (tertiary/aromatic N) is 3. The maximum absolute atomic E-state index is 13.0. The minimum atomic E-state index is -0.0813. The summed E-state index contributed by atoms with van der Waals surface area (Å²) in [5, 5.41) is 1.84. The zero-order valence-corrected chi connectivity index (χ0v) is 18.6. The van der Waals surface area contributed by atoms with Gasteiger partial charge in [-0.3, -0.25) is 14.0 Å². The molecule has 0 radical (unpaired) electrons. The van der Waals surface area contributed by atoms with Crippen molar-refractivity contribution < 1.29 is 14.3 Å². The molecule has 1 saturated heterocycles. The Hall–Kier alpha value is -2.52. The second-order valence-electron chi connectivity index (χ2n) is 7.64. The molecule has 2 aromatic heterocycles. The molecule has 7 nitrogen and oxygen atoms in total. The lowest BCUT2D eigenvalue weighted by Crippen LogP contribution is -2.32. The summed E-state index contributed by atoms with van der Waals surface area (Å²) in [4.78, 5) is 32.2. The fourth-order valence-electron chi connectivity index (χ4n) is 4.09. The van der Waals surface area contributed by atoms with Gasteiger partial charge >= 0.3 is 0 Å². The molecule has 4 heterocycles. The van der Waals surface area contributed by atoms with Crippen LogP contribution in [0.2, 0.25) is 0 Å². The number of rotatable bonds is 5. The molecule has 1 fully saturated rings. The maximum atomic E-state index is 13.0. The summed E-state index contributed by atoms with van der Waals surface area (Å²) >= 11 is 2.94. The zero-order chi connectivity index (χ0) is 21.2. The lowest BCUT2D eigenvalue weighted by atomic mass is 10.0.